The van der Waals surface area contributed by atoms with Gasteiger partial charge in [0.2, 0.25) is 15.6 Å². The molecule has 2 unspecified atom stereocenters. The Morgan fingerprint density at radius 3 is 1.85 bits per heavy atom. The Balaban J connectivity index is 1.91. The van der Waals surface area contributed by atoms with Gasteiger partial charge in [0, 0.05) is 24.0 Å². The summed E-state index contributed by atoms with van der Waals surface area (Å²) in [6, 6.07) is 7.20. The highest BCUT2D eigenvalue weighted by Gasteiger charge is 2.53. The van der Waals surface area contributed by atoms with Crippen molar-refractivity contribution in [3.63, 3.8) is 0 Å². The number of carboxylic acid groups (broad SMARTS) is 2. The highest BCUT2D eigenvalue weighted by Crippen LogP contribution is 2.50. The molecule has 46 heavy (non-hydrogen) atoms. The third-order valence-electron chi connectivity index (χ3n) is 9.16. The number of allylic oxidation sites excluding steroid dienone is 3. The molecule has 0 aliphatic carbocycles. The number of thiol groups is 2. The van der Waals surface area contributed by atoms with E-state index < -0.39 is 43.5 Å². The predicted molar refractivity (Wildman–Crippen MR) is 184 cm³/mol. The SMILES string of the molecule is CC1(C)C=C(c2ccccc2C2(S)OC(CCCCC(C)(C)C(=O)O)=CC(C)(C)C2=O)OC(S)(CCCCC(C)(C)C(=O)O)C1=O. The second kappa shape index (κ2) is 13.4. The van der Waals surface area contributed by atoms with Crippen LogP contribution in [0.4, 0.5) is 0 Å². The van der Waals surface area contributed by atoms with E-state index in [4.69, 9.17) is 34.7 Å². The molecular weight excluding hydrogens is 625 g/mol. The largest absolute Gasteiger partial charge is 0.481 e. The summed E-state index contributed by atoms with van der Waals surface area (Å²) in [5, 5.41) is 18.9. The Labute approximate surface area is 284 Å². The molecule has 254 valence electrons. The van der Waals surface area contributed by atoms with Gasteiger partial charge in [0.25, 0.3) is 0 Å². The van der Waals surface area contributed by atoms with Crippen LogP contribution in [0, 0.1) is 21.7 Å². The first-order chi connectivity index (χ1) is 21.0. The molecule has 0 fully saturated rings. The van der Waals surface area contributed by atoms with Crippen molar-refractivity contribution < 1.29 is 38.9 Å². The molecule has 2 atom stereocenters. The van der Waals surface area contributed by atoms with E-state index in [2.05, 4.69) is 0 Å². The number of Topliss-reactive ketones (excluding diaryl/α,β-unsaturated/α-hetero) is 2. The molecule has 8 nitrogen and oxygen atoms in total. The minimum absolute atomic E-state index is 0.204. The van der Waals surface area contributed by atoms with Crippen molar-refractivity contribution in [1.82, 2.24) is 0 Å². The zero-order valence-corrected chi connectivity index (χ0v) is 30.1. The zero-order valence-electron chi connectivity index (χ0n) is 28.4. The molecule has 0 aromatic heterocycles. The molecule has 2 N–H and O–H groups in total. The number of carbonyl (C=O) groups is 4. The summed E-state index contributed by atoms with van der Waals surface area (Å²) in [7, 11) is 0. The van der Waals surface area contributed by atoms with Gasteiger partial charge in [-0.25, -0.2) is 0 Å². The molecule has 0 radical (unpaired) electrons. The molecule has 2 aliphatic heterocycles. The molecule has 10 heteroatoms. The van der Waals surface area contributed by atoms with Crippen LogP contribution in [0.25, 0.3) is 5.76 Å². The maximum Gasteiger partial charge on any atom is 0.309 e. The fourth-order valence-corrected chi connectivity index (χ4v) is 7.07. The molecule has 0 saturated carbocycles. The van der Waals surface area contributed by atoms with E-state index in [1.807, 2.05) is 32.1 Å². The van der Waals surface area contributed by atoms with Crippen LogP contribution in [0.1, 0.15) is 118 Å². The predicted octanol–water partition coefficient (Wildman–Crippen LogP) is 8.21. The number of carboxylic acids is 2. The maximum absolute atomic E-state index is 14.0. The summed E-state index contributed by atoms with van der Waals surface area (Å²) in [4.78, 5) is 47.6. The van der Waals surface area contributed by atoms with Crippen LogP contribution in [0.15, 0.2) is 42.2 Å². The summed E-state index contributed by atoms with van der Waals surface area (Å²) < 4.78 is 12.8. The molecule has 3 rings (SSSR count). The van der Waals surface area contributed by atoms with Crippen LogP contribution in [-0.4, -0.2) is 38.7 Å². The van der Waals surface area contributed by atoms with E-state index in [9.17, 15) is 29.4 Å². The van der Waals surface area contributed by atoms with Gasteiger partial charge in [-0.1, -0.05) is 37.1 Å². The molecule has 0 saturated heterocycles. The molecule has 0 spiro atoms. The highest BCUT2D eigenvalue weighted by molar-refractivity contribution is 7.82. The van der Waals surface area contributed by atoms with Crippen molar-refractivity contribution in [2.75, 3.05) is 0 Å². The number of hydrogen-bond acceptors (Lipinski definition) is 8. The van der Waals surface area contributed by atoms with Gasteiger partial charge < -0.3 is 19.7 Å². The quantitative estimate of drug-likeness (QED) is 0.115. The molecular formula is C36H50O8S2. The van der Waals surface area contributed by atoms with Crippen LogP contribution in [-0.2, 0) is 33.6 Å². The average molecular weight is 675 g/mol. The van der Waals surface area contributed by atoms with Crippen molar-refractivity contribution in [2.24, 2.45) is 21.7 Å². The summed E-state index contributed by atoms with van der Waals surface area (Å²) in [5.74, 6) is -1.18. The monoisotopic (exact) mass is 674 g/mol. The number of rotatable bonds is 14. The van der Waals surface area contributed by atoms with Crippen molar-refractivity contribution in [2.45, 2.75) is 117 Å². The number of benzene rings is 1. The highest BCUT2D eigenvalue weighted by atomic mass is 32.1. The van der Waals surface area contributed by atoms with Crippen molar-refractivity contribution in [1.29, 1.82) is 0 Å². The molecule has 0 amide bonds. The Bertz CT molecular complexity index is 1440. The summed E-state index contributed by atoms with van der Waals surface area (Å²) in [5.41, 5.74) is -2.53. The number of carbonyl (C=O) groups excluding carboxylic acids is 2. The third-order valence-corrected chi connectivity index (χ3v) is 10.2. The zero-order chi connectivity index (χ0) is 34.9. The number of unbranched alkanes of at least 4 members (excludes halogenated alkanes) is 2. The van der Waals surface area contributed by atoms with Crippen molar-refractivity contribution in [3.8, 4) is 0 Å². The summed E-state index contributed by atoms with van der Waals surface area (Å²) in [6.45, 7) is 14.0. The van der Waals surface area contributed by atoms with E-state index in [-0.39, 0.29) is 18.0 Å². The van der Waals surface area contributed by atoms with Crippen molar-refractivity contribution in [3.05, 3.63) is 53.3 Å². The molecule has 1 aromatic carbocycles. The molecule has 2 aliphatic rings. The van der Waals surface area contributed by atoms with Gasteiger partial charge in [0.1, 0.15) is 5.76 Å². The average Bonchev–Trinajstić information content (AvgIpc) is 2.94. The fraction of sp³-hybridized carbons (Fsp3) is 0.611. The first-order valence-corrected chi connectivity index (χ1v) is 16.8. The van der Waals surface area contributed by atoms with Gasteiger partial charge in [-0.3, -0.25) is 19.2 Å². The summed E-state index contributed by atoms with van der Waals surface area (Å²) in [6.07, 6.45) is 7.75. The van der Waals surface area contributed by atoms with E-state index in [0.29, 0.717) is 67.6 Å². The standard InChI is InChI=1S/C36H50O8S2/c1-31(2,29(39)40)18-12-11-15-23-21-33(5,6)28(38)36(46,43-23)25-17-10-9-16-24(25)26-22-34(7,8)27(37)35(45,44-26)20-14-13-19-32(3,4)30(41)42/h9-10,16-17,21-22,45-46H,11-15,18-20H2,1-8H3,(H,39,40)(H,41,42). The normalized spacial score (nSPS) is 24.4. The van der Waals surface area contributed by atoms with Crippen LogP contribution >= 0.6 is 25.3 Å². The maximum atomic E-state index is 14.0. The van der Waals surface area contributed by atoms with Crippen LogP contribution in [0.5, 0.6) is 0 Å². The molecule has 2 heterocycles. The van der Waals surface area contributed by atoms with Gasteiger partial charge in [0.05, 0.1) is 27.4 Å². The molecule has 0 bridgehead atoms. The minimum Gasteiger partial charge on any atom is -0.481 e. The Morgan fingerprint density at radius 2 is 1.28 bits per heavy atom. The summed E-state index contributed by atoms with van der Waals surface area (Å²) >= 11 is 9.71. The number of hydrogen-bond donors (Lipinski definition) is 4. The lowest BCUT2D eigenvalue weighted by atomic mass is 9.77. The Morgan fingerprint density at radius 1 is 0.761 bits per heavy atom. The first-order valence-electron chi connectivity index (χ1n) is 15.9. The van der Waals surface area contributed by atoms with E-state index in [0.717, 1.165) is 0 Å². The fourth-order valence-electron chi connectivity index (χ4n) is 5.93. The van der Waals surface area contributed by atoms with Crippen LogP contribution in [0.3, 0.4) is 0 Å². The van der Waals surface area contributed by atoms with Gasteiger partial charge in [-0.05, 0) is 93.2 Å². The Kier molecular flexibility index (Phi) is 11.0. The van der Waals surface area contributed by atoms with Crippen LogP contribution < -0.4 is 0 Å². The second-order valence-electron chi connectivity index (χ2n) is 15.2. The minimum atomic E-state index is -1.66. The van der Waals surface area contributed by atoms with E-state index >= 15 is 0 Å². The number of aliphatic carboxylic acids is 2. The Hall–Kier alpha value is -2.72. The van der Waals surface area contributed by atoms with E-state index in [1.165, 1.54) is 0 Å². The van der Waals surface area contributed by atoms with Crippen molar-refractivity contribution >= 4 is 54.5 Å². The second-order valence-corrected chi connectivity index (χ2v) is 16.5. The molecule has 1 aromatic rings. The first kappa shape index (κ1) is 37.7. The van der Waals surface area contributed by atoms with Gasteiger partial charge in [-0.15, -0.1) is 25.3 Å². The third kappa shape index (κ3) is 8.04. The van der Waals surface area contributed by atoms with Gasteiger partial charge in [0.15, 0.2) is 5.78 Å². The van der Waals surface area contributed by atoms with Gasteiger partial charge in [-0.2, -0.15) is 0 Å². The lowest BCUT2D eigenvalue weighted by molar-refractivity contribution is -0.148. The number of ketones is 2. The van der Waals surface area contributed by atoms with E-state index in [1.54, 1.807) is 59.8 Å². The van der Waals surface area contributed by atoms with Gasteiger partial charge >= 0.3 is 11.9 Å². The lowest BCUT2D eigenvalue weighted by Gasteiger charge is -2.43. The topological polar surface area (TPSA) is 127 Å². The van der Waals surface area contributed by atoms with Crippen LogP contribution in [0.2, 0.25) is 0 Å². The lowest BCUT2D eigenvalue weighted by Crippen LogP contribution is -2.47. The number of ether oxygens (including phenoxy) is 2. The smallest absolute Gasteiger partial charge is 0.309 e.